The van der Waals surface area contributed by atoms with Crippen molar-refractivity contribution < 1.29 is 9.53 Å². The molecule has 2 heterocycles. The fraction of sp³-hybridized carbons (Fsp3) is 0.727. The zero-order valence-corrected chi connectivity index (χ0v) is 11.4. The van der Waals surface area contributed by atoms with E-state index in [1.165, 1.54) is 0 Å². The molecule has 0 aromatic rings. The maximum Gasteiger partial charge on any atom is 0.410 e. The van der Waals surface area contributed by atoms with E-state index < -0.39 is 0 Å². The maximum atomic E-state index is 11.9. The number of hydrogen-bond acceptors (Lipinski definition) is 3. The molecule has 94 valence electrons. The highest BCUT2D eigenvalue weighted by molar-refractivity contribution is 7.95. The molecule has 2 aliphatic rings. The number of rotatable bonds is 4. The summed E-state index contributed by atoms with van der Waals surface area (Å²) in [6, 6.07) is 1.09. The van der Waals surface area contributed by atoms with Gasteiger partial charge in [0.15, 0.2) is 0 Å². The van der Waals surface area contributed by atoms with Gasteiger partial charge in [-0.15, -0.1) is 0 Å². The van der Waals surface area contributed by atoms with Crippen molar-refractivity contribution in [3.63, 3.8) is 0 Å². The highest BCUT2D eigenvalue weighted by Crippen LogP contribution is 2.36. The number of carbonyl (C=O) groups excluding carboxylic acids is 1. The van der Waals surface area contributed by atoms with Crippen molar-refractivity contribution in [2.45, 2.75) is 43.8 Å². The molecule has 0 spiro atoms. The van der Waals surface area contributed by atoms with Gasteiger partial charge in [0.05, 0.1) is 7.51 Å². The Labute approximate surface area is 108 Å². The van der Waals surface area contributed by atoms with Crippen molar-refractivity contribution in [3.05, 3.63) is 12.7 Å². The highest BCUT2D eigenvalue weighted by atomic mass is 32.4. The quantitative estimate of drug-likeness (QED) is 0.629. The van der Waals surface area contributed by atoms with Crippen LogP contribution in [-0.2, 0) is 16.5 Å². The molecule has 2 bridgehead atoms. The molecule has 1 amide bonds. The molecular weight excluding hydrogens is 255 g/mol. The molecule has 2 aliphatic heterocycles. The molecule has 4 nitrogen and oxygen atoms in total. The lowest BCUT2D eigenvalue weighted by Gasteiger charge is -2.37. The average molecular weight is 272 g/mol. The SMILES string of the molecule is C=CCOC(=O)N1[C@@H]2CC[C@H]1CC(NP=S)C2. The number of amides is 1. The van der Waals surface area contributed by atoms with E-state index in [4.69, 9.17) is 16.5 Å². The minimum atomic E-state index is -0.188. The summed E-state index contributed by atoms with van der Waals surface area (Å²) in [5.41, 5.74) is 0. The van der Waals surface area contributed by atoms with Gasteiger partial charge in [0, 0.05) is 18.1 Å². The maximum absolute atomic E-state index is 11.9. The van der Waals surface area contributed by atoms with E-state index in [0.717, 1.165) is 33.2 Å². The molecular formula is C11H17N2O2PS. The van der Waals surface area contributed by atoms with E-state index in [9.17, 15) is 4.79 Å². The van der Waals surface area contributed by atoms with Gasteiger partial charge in [-0.1, -0.05) is 12.7 Å². The summed E-state index contributed by atoms with van der Waals surface area (Å²) >= 11 is 4.91. The van der Waals surface area contributed by atoms with E-state index in [1.54, 1.807) is 6.08 Å². The Morgan fingerprint density at radius 3 is 2.71 bits per heavy atom. The summed E-state index contributed by atoms with van der Waals surface area (Å²) < 4.78 is 5.13. The molecule has 0 aliphatic carbocycles. The third kappa shape index (κ3) is 2.84. The molecule has 0 aromatic carbocycles. The van der Waals surface area contributed by atoms with Crippen LogP contribution in [0.15, 0.2) is 12.7 Å². The smallest absolute Gasteiger partial charge is 0.410 e. The van der Waals surface area contributed by atoms with Crippen molar-refractivity contribution in [1.82, 2.24) is 9.99 Å². The van der Waals surface area contributed by atoms with Gasteiger partial charge >= 0.3 is 6.09 Å². The molecule has 0 radical (unpaired) electrons. The van der Waals surface area contributed by atoms with Crippen molar-refractivity contribution in [1.29, 1.82) is 0 Å². The van der Waals surface area contributed by atoms with E-state index in [2.05, 4.69) is 11.7 Å². The number of nitrogens with one attached hydrogen (secondary N) is 1. The van der Waals surface area contributed by atoms with Crippen LogP contribution in [0.3, 0.4) is 0 Å². The topological polar surface area (TPSA) is 41.6 Å². The second kappa shape index (κ2) is 5.89. The molecule has 17 heavy (non-hydrogen) atoms. The largest absolute Gasteiger partial charge is 0.445 e. The van der Waals surface area contributed by atoms with Crippen LogP contribution in [0.1, 0.15) is 25.7 Å². The van der Waals surface area contributed by atoms with Crippen LogP contribution in [-0.4, -0.2) is 35.7 Å². The predicted octanol–water partition coefficient (Wildman–Crippen LogP) is 2.22. The number of hydrogen-bond donors (Lipinski definition) is 1. The van der Waals surface area contributed by atoms with E-state index in [-0.39, 0.29) is 6.09 Å². The minimum absolute atomic E-state index is 0.188. The van der Waals surface area contributed by atoms with E-state index in [0.29, 0.717) is 24.7 Å². The second-order valence-electron chi connectivity index (χ2n) is 4.55. The first-order chi connectivity index (χ1) is 8.26. The van der Waals surface area contributed by atoms with Crippen LogP contribution in [0.4, 0.5) is 4.79 Å². The molecule has 1 N–H and O–H groups in total. The zero-order valence-electron chi connectivity index (χ0n) is 9.67. The van der Waals surface area contributed by atoms with Gasteiger partial charge in [-0.2, -0.15) is 0 Å². The van der Waals surface area contributed by atoms with Gasteiger partial charge in [-0.3, -0.25) is 5.09 Å². The summed E-state index contributed by atoms with van der Waals surface area (Å²) in [4.78, 5) is 13.8. The van der Waals surface area contributed by atoms with E-state index >= 15 is 0 Å². The Kier molecular flexibility index (Phi) is 4.48. The summed E-state index contributed by atoms with van der Waals surface area (Å²) in [5.74, 6) is 0. The zero-order chi connectivity index (χ0) is 12.3. The van der Waals surface area contributed by atoms with Crippen LogP contribution in [0.25, 0.3) is 0 Å². The Balaban J connectivity index is 1.95. The summed E-state index contributed by atoms with van der Waals surface area (Å²) in [6.45, 7) is 3.84. The Morgan fingerprint density at radius 1 is 1.53 bits per heavy atom. The van der Waals surface area contributed by atoms with Crippen molar-refractivity contribution >= 4 is 25.4 Å². The van der Waals surface area contributed by atoms with Gasteiger partial charge in [0.25, 0.3) is 0 Å². The number of fused-ring (bicyclic) bond motifs is 2. The van der Waals surface area contributed by atoms with Gasteiger partial charge < -0.3 is 9.64 Å². The lowest BCUT2D eigenvalue weighted by molar-refractivity contribution is 0.0721. The molecule has 6 heteroatoms. The van der Waals surface area contributed by atoms with Crippen molar-refractivity contribution in [3.8, 4) is 0 Å². The number of piperidine rings is 1. The monoisotopic (exact) mass is 272 g/mol. The predicted molar refractivity (Wildman–Crippen MR) is 70.6 cm³/mol. The molecule has 2 saturated heterocycles. The Morgan fingerprint density at radius 2 is 2.18 bits per heavy atom. The van der Waals surface area contributed by atoms with E-state index in [1.807, 2.05) is 4.90 Å². The van der Waals surface area contributed by atoms with Crippen LogP contribution in [0.5, 0.6) is 0 Å². The number of nitrogens with zero attached hydrogens (tertiary/aromatic N) is 1. The number of carbonyl (C=O) groups is 1. The van der Waals surface area contributed by atoms with Crippen molar-refractivity contribution in [2.24, 2.45) is 0 Å². The first-order valence-electron chi connectivity index (χ1n) is 5.90. The molecule has 1 unspecified atom stereocenters. The third-order valence-corrected chi connectivity index (χ3v) is 4.29. The third-order valence-electron chi connectivity index (χ3n) is 3.50. The van der Waals surface area contributed by atoms with Crippen molar-refractivity contribution in [2.75, 3.05) is 6.61 Å². The minimum Gasteiger partial charge on any atom is -0.445 e. The molecule has 0 saturated carbocycles. The fourth-order valence-electron chi connectivity index (χ4n) is 2.86. The van der Waals surface area contributed by atoms with Crippen LogP contribution in [0, 0.1) is 0 Å². The summed E-state index contributed by atoms with van der Waals surface area (Å²) in [5, 5.41) is 3.28. The standard InChI is InChI=1S/C11H17N2O2PS/c1-2-5-15-11(14)13-9-3-4-10(13)7-8(6-9)12-16-17/h2,8-10H,1,3-7H2,(H,12,17)/t8?,9-,10+. The Hall–Kier alpha value is -0.510. The van der Waals surface area contributed by atoms with Gasteiger partial charge in [0.2, 0.25) is 0 Å². The number of ether oxygens (including phenoxy) is 1. The molecule has 0 aromatic heterocycles. The lowest BCUT2D eigenvalue weighted by Crippen LogP contribution is -2.50. The van der Waals surface area contributed by atoms with Crippen LogP contribution >= 0.6 is 7.51 Å². The molecule has 3 atom stereocenters. The Bertz CT molecular complexity index is 313. The highest BCUT2D eigenvalue weighted by Gasteiger charge is 2.43. The molecule has 2 rings (SSSR count). The average Bonchev–Trinajstić information content (AvgIpc) is 2.59. The summed E-state index contributed by atoms with van der Waals surface area (Å²) in [7, 11) is 0.809. The first kappa shape index (κ1) is 12.9. The van der Waals surface area contributed by atoms with Crippen LogP contribution < -0.4 is 5.09 Å². The second-order valence-corrected chi connectivity index (χ2v) is 5.54. The summed E-state index contributed by atoms with van der Waals surface area (Å²) in [6.07, 6.45) is 5.56. The fourth-order valence-corrected chi connectivity index (χ4v) is 3.67. The molecule has 2 fully saturated rings. The van der Waals surface area contributed by atoms with Gasteiger partial charge in [-0.05, 0) is 37.5 Å². The lowest BCUT2D eigenvalue weighted by atomic mass is 9.99. The van der Waals surface area contributed by atoms with Gasteiger partial charge in [-0.25, -0.2) is 4.79 Å². The normalized spacial score (nSPS) is 31.5. The van der Waals surface area contributed by atoms with Crippen LogP contribution in [0.2, 0.25) is 0 Å². The first-order valence-corrected chi connectivity index (χ1v) is 7.81. The van der Waals surface area contributed by atoms with Gasteiger partial charge in [0.1, 0.15) is 6.61 Å².